The number of hydrogen-bond donors (Lipinski definition) is 1. The van der Waals surface area contributed by atoms with Crippen LogP contribution in [0.3, 0.4) is 0 Å². The number of methoxy groups -OCH3 is 2. The molecule has 0 bridgehead atoms. The Morgan fingerprint density at radius 1 is 0.562 bits per heavy atom. The summed E-state index contributed by atoms with van der Waals surface area (Å²) in [7, 11) is 3.34. The maximum absolute atomic E-state index is 5.69. The summed E-state index contributed by atoms with van der Waals surface area (Å²) in [6.45, 7) is 8.28. The van der Waals surface area contributed by atoms with Gasteiger partial charge in [-0.3, -0.25) is 0 Å². The zero-order valence-electron chi connectivity index (χ0n) is 19.7. The molecule has 4 rings (SSSR count). The van der Waals surface area contributed by atoms with Crippen molar-refractivity contribution < 1.29 is 14.3 Å². The standard InChI is InChI=1S/C16H19NO2.C12H12O/c1-11-9-12(2)16(13(3)10-11)19-17-14-5-7-15(18-4)8-6-14;1-9-3-4-11-8-12(13-2)6-5-10(11)7-9/h5-10,17H,1-4H3;3-8H,1-2H3. The summed E-state index contributed by atoms with van der Waals surface area (Å²) in [5.74, 6) is 2.62. The Hall–Kier alpha value is -3.66. The largest absolute Gasteiger partial charge is 0.497 e. The van der Waals surface area contributed by atoms with Gasteiger partial charge in [0.15, 0.2) is 5.75 Å². The highest BCUT2D eigenvalue weighted by molar-refractivity contribution is 5.84. The normalized spacial score (nSPS) is 10.2. The van der Waals surface area contributed by atoms with Crippen LogP contribution < -0.4 is 19.8 Å². The van der Waals surface area contributed by atoms with E-state index in [0.717, 1.165) is 34.1 Å². The average Bonchev–Trinajstić information content (AvgIpc) is 2.79. The van der Waals surface area contributed by atoms with E-state index in [-0.39, 0.29) is 0 Å². The van der Waals surface area contributed by atoms with Gasteiger partial charge in [-0.25, -0.2) is 5.48 Å². The number of rotatable bonds is 5. The fraction of sp³-hybridized carbons (Fsp3) is 0.214. The summed E-state index contributed by atoms with van der Waals surface area (Å²) in [6, 6.07) is 24.4. The predicted molar refractivity (Wildman–Crippen MR) is 133 cm³/mol. The minimum Gasteiger partial charge on any atom is -0.497 e. The third-order valence-electron chi connectivity index (χ3n) is 5.17. The van der Waals surface area contributed by atoms with Gasteiger partial charge in [0.2, 0.25) is 0 Å². The molecule has 0 aliphatic heterocycles. The molecule has 0 unspecified atom stereocenters. The Kier molecular flexibility index (Phi) is 7.61. The number of aryl methyl sites for hydroxylation is 4. The minimum atomic E-state index is 0.827. The molecule has 4 heteroatoms. The number of ether oxygens (including phenoxy) is 2. The summed E-state index contributed by atoms with van der Waals surface area (Å²) >= 11 is 0. The van der Waals surface area contributed by atoms with E-state index in [1.165, 1.54) is 21.9 Å². The molecular formula is C28H31NO3. The zero-order chi connectivity index (χ0) is 23.1. The molecule has 0 spiro atoms. The fourth-order valence-corrected chi connectivity index (χ4v) is 3.57. The van der Waals surface area contributed by atoms with Gasteiger partial charge in [-0.1, -0.05) is 47.5 Å². The quantitative estimate of drug-likeness (QED) is 0.341. The highest BCUT2D eigenvalue weighted by Crippen LogP contribution is 2.25. The van der Waals surface area contributed by atoms with E-state index < -0.39 is 0 Å². The first-order valence-corrected chi connectivity index (χ1v) is 10.6. The lowest BCUT2D eigenvalue weighted by atomic mass is 10.1. The molecule has 0 saturated carbocycles. The number of nitrogens with one attached hydrogen (secondary N) is 1. The van der Waals surface area contributed by atoms with E-state index in [9.17, 15) is 0 Å². The van der Waals surface area contributed by atoms with Gasteiger partial charge < -0.3 is 14.3 Å². The molecule has 0 atom stereocenters. The van der Waals surface area contributed by atoms with Gasteiger partial charge >= 0.3 is 0 Å². The molecule has 166 valence electrons. The van der Waals surface area contributed by atoms with Crippen molar-refractivity contribution in [3.05, 3.63) is 95.1 Å². The molecule has 4 nitrogen and oxygen atoms in total. The highest BCUT2D eigenvalue weighted by Gasteiger charge is 2.05. The lowest BCUT2D eigenvalue weighted by molar-refractivity contribution is 0.398. The molecule has 4 aromatic rings. The van der Waals surface area contributed by atoms with Crippen LogP contribution in [0.2, 0.25) is 0 Å². The van der Waals surface area contributed by atoms with Crippen LogP contribution in [0.15, 0.2) is 72.8 Å². The van der Waals surface area contributed by atoms with Crippen molar-refractivity contribution in [2.24, 2.45) is 0 Å². The first-order valence-electron chi connectivity index (χ1n) is 10.6. The molecule has 32 heavy (non-hydrogen) atoms. The van der Waals surface area contributed by atoms with E-state index in [4.69, 9.17) is 14.3 Å². The van der Waals surface area contributed by atoms with E-state index in [0.29, 0.717) is 0 Å². The number of hydrogen-bond acceptors (Lipinski definition) is 4. The van der Waals surface area contributed by atoms with Crippen molar-refractivity contribution in [1.82, 2.24) is 0 Å². The van der Waals surface area contributed by atoms with Crippen LogP contribution >= 0.6 is 0 Å². The molecule has 0 amide bonds. The van der Waals surface area contributed by atoms with Crippen molar-refractivity contribution in [3.63, 3.8) is 0 Å². The minimum absolute atomic E-state index is 0.827. The topological polar surface area (TPSA) is 39.7 Å². The first kappa shape index (κ1) is 23.0. The molecule has 4 aromatic carbocycles. The molecule has 0 aliphatic carbocycles. The third kappa shape index (κ3) is 5.94. The molecule has 0 fully saturated rings. The van der Waals surface area contributed by atoms with Crippen LogP contribution in [0.1, 0.15) is 22.3 Å². The van der Waals surface area contributed by atoms with Crippen LogP contribution in [0.25, 0.3) is 10.8 Å². The second kappa shape index (κ2) is 10.6. The fourth-order valence-electron chi connectivity index (χ4n) is 3.57. The molecule has 0 saturated heterocycles. The van der Waals surface area contributed by atoms with Gasteiger partial charge in [0.25, 0.3) is 0 Å². The SMILES string of the molecule is COc1ccc(NOc2c(C)cc(C)cc2C)cc1.COc1ccc2cc(C)ccc2c1. The molecular weight excluding hydrogens is 398 g/mol. The van der Waals surface area contributed by atoms with Crippen molar-refractivity contribution in [2.75, 3.05) is 19.7 Å². The second-order valence-corrected chi connectivity index (χ2v) is 7.88. The second-order valence-electron chi connectivity index (χ2n) is 7.88. The van der Waals surface area contributed by atoms with Gasteiger partial charge in [0.1, 0.15) is 11.5 Å². The van der Waals surface area contributed by atoms with E-state index in [1.807, 2.05) is 44.2 Å². The maximum Gasteiger partial charge on any atom is 0.160 e. The lowest BCUT2D eigenvalue weighted by Crippen LogP contribution is -2.07. The number of fused-ring (bicyclic) bond motifs is 1. The van der Waals surface area contributed by atoms with Crippen LogP contribution in [-0.2, 0) is 0 Å². The van der Waals surface area contributed by atoms with Crippen LogP contribution in [0.4, 0.5) is 5.69 Å². The van der Waals surface area contributed by atoms with Gasteiger partial charge in [0, 0.05) is 0 Å². The number of anilines is 1. The predicted octanol–water partition coefficient (Wildman–Crippen LogP) is 7.18. The Balaban J connectivity index is 0.000000193. The molecule has 0 radical (unpaired) electrons. The van der Waals surface area contributed by atoms with E-state index >= 15 is 0 Å². The van der Waals surface area contributed by atoms with Crippen LogP contribution in [0, 0.1) is 27.7 Å². The first-order chi connectivity index (χ1) is 15.4. The van der Waals surface area contributed by atoms with Crippen molar-refractivity contribution in [1.29, 1.82) is 0 Å². The maximum atomic E-state index is 5.69. The summed E-state index contributed by atoms with van der Waals surface area (Å²) in [5.41, 5.74) is 8.63. The van der Waals surface area contributed by atoms with Crippen LogP contribution in [-0.4, -0.2) is 14.2 Å². The zero-order valence-corrected chi connectivity index (χ0v) is 19.7. The van der Waals surface area contributed by atoms with Crippen molar-refractivity contribution in [2.45, 2.75) is 27.7 Å². The third-order valence-corrected chi connectivity index (χ3v) is 5.17. The summed E-state index contributed by atoms with van der Waals surface area (Å²) in [5, 5.41) is 2.49. The van der Waals surface area contributed by atoms with Gasteiger partial charge in [-0.2, -0.15) is 0 Å². The van der Waals surface area contributed by atoms with E-state index in [2.05, 4.69) is 61.8 Å². The lowest BCUT2D eigenvalue weighted by Gasteiger charge is -2.14. The molecule has 0 heterocycles. The Morgan fingerprint density at radius 2 is 1.12 bits per heavy atom. The number of benzene rings is 4. The average molecular weight is 430 g/mol. The molecule has 0 aliphatic rings. The molecule has 0 aromatic heterocycles. The Morgan fingerprint density at radius 3 is 1.75 bits per heavy atom. The van der Waals surface area contributed by atoms with Gasteiger partial charge in [-0.15, -0.1) is 0 Å². The van der Waals surface area contributed by atoms with Gasteiger partial charge in [0.05, 0.1) is 19.9 Å². The van der Waals surface area contributed by atoms with Crippen molar-refractivity contribution in [3.8, 4) is 17.2 Å². The van der Waals surface area contributed by atoms with E-state index in [1.54, 1.807) is 14.2 Å². The monoisotopic (exact) mass is 429 g/mol. The van der Waals surface area contributed by atoms with Crippen LogP contribution in [0.5, 0.6) is 17.2 Å². The highest BCUT2D eigenvalue weighted by atomic mass is 16.6. The summed E-state index contributed by atoms with van der Waals surface area (Å²) in [6.07, 6.45) is 0. The Labute approximate surface area is 190 Å². The summed E-state index contributed by atoms with van der Waals surface area (Å²) < 4.78 is 10.3. The molecule has 1 N–H and O–H groups in total. The Bertz CT molecular complexity index is 1160. The van der Waals surface area contributed by atoms with Gasteiger partial charge in [-0.05, 0) is 86.0 Å². The summed E-state index contributed by atoms with van der Waals surface area (Å²) in [4.78, 5) is 5.69. The van der Waals surface area contributed by atoms with Crippen molar-refractivity contribution >= 4 is 16.5 Å². The smallest absolute Gasteiger partial charge is 0.160 e.